The molecule has 0 radical (unpaired) electrons. The summed E-state index contributed by atoms with van der Waals surface area (Å²) in [6, 6.07) is 18.3. The number of nitrogens with one attached hydrogen (secondary N) is 1. The number of nitrogens with zero attached hydrogens (tertiary/aromatic N) is 1. The summed E-state index contributed by atoms with van der Waals surface area (Å²) in [5.74, 6) is 0. The highest BCUT2D eigenvalue weighted by Gasteiger charge is 2.06. The maximum Gasteiger partial charge on any atom is 0.271 e. The molecule has 32 heavy (non-hydrogen) atoms. The Hall–Kier alpha value is -3.20. The molecule has 172 valence electrons. The maximum absolute atomic E-state index is 11.6. The molecule has 2 aromatic carbocycles. The second-order valence-electron chi connectivity index (χ2n) is 6.98. The molecule has 0 spiro atoms. The third-order valence-electron chi connectivity index (χ3n) is 4.44. The Balaban J connectivity index is 0.000000619. The van der Waals surface area contributed by atoms with E-state index in [1.54, 1.807) is 13.0 Å². The molecule has 3 aromatic rings. The van der Waals surface area contributed by atoms with Gasteiger partial charge in [0.15, 0.2) is 0 Å². The summed E-state index contributed by atoms with van der Waals surface area (Å²) in [6.07, 6.45) is 1.14. The number of aromatic nitrogens is 2. The Labute approximate surface area is 194 Å². The molecule has 3 nitrogen and oxygen atoms in total. The second-order valence-corrected chi connectivity index (χ2v) is 6.98. The van der Waals surface area contributed by atoms with Crippen LogP contribution in [0.5, 0.6) is 0 Å². The van der Waals surface area contributed by atoms with E-state index in [-0.39, 0.29) is 5.56 Å². The van der Waals surface area contributed by atoms with Crippen molar-refractivity contribution in [1.29, 1.82) is 0 Å². The van der Waals surface area contributed by atoms with Crippen LogP contribution in [0.15, 0.2) is 72.5 Å². The number of hydrogen-bond acceptors (Lipinski definition) is 2. The van der Waals surface area contributed by atoms with Crippen molar-refractivity contribution < 1.29 is 0 Å². The van der Waals surface area contributed by atoms with E-state index in [1.165, 1.54) is 11.1 Å². The molecule has 0 bridgehead atoms. The molecule has 0 unspecified atom stereocenters. The third kappa shape index (κ3) is 9.30. The van der Waals surface area contributed by atoms with E-state index in [2.05, 4.69) is 61.5 Å². The van der Waals surface area contributed by atoms with Gasteiger partial charge in [-0.3, -0.25) is 4.79 Å². The maximum atomic E-state index is 11.6. The molecule has 0 aliphatic heterocycles. The molecule has 1 aromatic heterocycles. The lowest BCUT2D eigenvalue weighted by molar-refractivity contribution is 0.987. The van der Waals surface area contributed by atoms with Crippen LogP contribution in [0.25, 0.3) is 22.4 Å². The Morgan fingerprint density at radius 2 is 1.50 bits per heavy atom. The lowest BCUT2D eigenvalue weighted by Gasteiger charge is -2.06. The van der Waals surface area contributed by atoms with Crippen LogP contribution < -0.4 is 5.56 Å². The van der Waals surface area contributed by atoms with E-state index in [4.69, 9.17) is 0 Å². The van der Waals surface area contributed by atoms with Crippen LogP contribution >= 0.6 is 0 Å². The normalized spacial score (nSPS) is 9.12. The molecular weight excluding hydrogens is 392 g/mol. The molecule has 0 saturated carbocycles. The van der Waals surface area contributed by atoms with Crippen LogP contribution in [0.2, 0.25) is 0 Å². The first-order valence-electron chi connectivity index (χ1n) is 11.4. The molecule has 0 aliphatic rings. The SMILES string of the molecule is C=C(C)c1cccc(-c2cc(C(=C)C)c(=O)[nH]n2)c1.CC.CC.CCc1ccc(C)cc1. The number of benzene rings is 2. The van der Waals surface area contributed by atoms with E-state index >= 15 is 0 Å². The van der Waals surface area contributed by atoms with Crippen LogP contribution in [-0.4, -0.2) is 10.2 Å². The molecule has 0 atom stereocenters. The first kappa shape index (κ1) is 28.8. The Morgan fingerprint density at radius 3 is 2.00 bits per heavy atom. The fraction of sp³-hybridized carbons (Fsp3) is 0.310. The minimum absolute atomic E-state index is 0.215. The quantitative estimate of drug-likeness (QED) is 0.452. The number of aryl methyl sites for hydroxylation is 2. The van der Waals surface area contributed by atoms with Crippen molar-refractivity contribution in [1.82, 2.24) is 10.2 Å². The van der Waals surface area contributed by atoms with Crippen molar-refractivity contribution in [3.05, 3.63) is 100 Å². The highest BCUT2D eigenvalue weighted by molar-refractivity contribution is 5.71. The van der Waals surface area contributed by atoms with E-state index in [0.717, 1.165) is 34.4 Å². The molecule has 1 heterocycles. The average Bonchev–Trinajstić information content (AvgIpc) is 2.83. The zero-order chi connectivity index (χ0) is 24.7. The lowest BCUT2D eigenvalue weighted by Crippen LogP contribution is -2.13. The Morgan fingerprint density at radius 1 is 0.906 bits per heavy atom. The number of allylic oxidation sites excluding steroid dienone is 2. The van der Waals surface area contributed by atoms with Gasteiger partial charge in [0.25, 0.3) is 5.56 Å². The van der Waals surface area contributed by atoms with Gasteiger partial charge in [0, 0.05) is 11.1 Å². The molecule has 0 aliphatic carbocycles. The zero-order valence-electron chi connectivity index (χ0n) is 21.2. The average molecular weight is 433 g/mol. The van der Waals surface area contributed by atoms with Gasteiger partial charge in [0.05, 0.1) is 5.69 Å². The highest BCUT2D eigenvalue weighted by atomic mass is 16.1. The molecule has 0 amide bonds. The third-order valence-corrected chi connectivity index (χ3v) is 4.44. The summed E-state index contributed by atoms with van der Waals surface area (Å²) in [4.78, 5) is 11.6. The van der Waals surface area contributed by atoms with Gasteiger partial charge in [-0.2, -0.15) is 5.10 Å². The van der Waals surface area contributed by atoms with Crippen molar-refractivity contribution in [3.8, 4) is 11.3 Å². The van der Waals surface area contributed by atoms with Crippen LogP contribution in [0.4, 0.5) is 0 Å². The first-order chi connectivity index (χ1) is 15.3. The van der Waals surface area contributed by atoms with Crippen molar-refractivity contribution in [3.63, 3.8) is 0 Å². The topological polar surface area (TPSA) is 45.8 Å². The largest absolute Gasteiger partial charge is 0.271 e. The number of rotatable bonds is 4. The number of hydrogen-bond donors (Lipinski definition) is 1. The summed E-state index contributed by atoms with van der Waals surface area (Å²) >= 11 is 0. The number of aromatic amines is 1. The predicted molar refractivity (Wildman–Crippen MR) is 143 cm³/mol. The minimum Gasteiger partial charge on any atom is -0.267 e. The van der Waals surface area contributed by atoms with Crippen LogP contribution in [0.3, 0.4) is 0 Å². The highest BCUT2D eigenvalue weighted by Crippen LogP contribution is 2.22. The standard InChI is InChI=1S/C16H16N2O.C9H12.2C2H6/c1-10(2)12-6-5-7-13(8-12)15-9-14(11(3)4)16(19)18-17-15;1-3-9-6-4-8(2)5-7-9;2*1-2/h5-9H,1,3H2,2,4H3,(H,18,19);4-7H,3H2,1-2H3;2*1-2H3. The van der Waals surface area contributed by atoms with Gasteiger partial charge >= 0.3 is 0 Å². The Kier molecular flexibility index (Phi) is 14.0. The zero-order valence-corrected chi connectivity index (χ0v) is 21.2. The molecule has 3 heteroatoms. The Bertz CT molecular complexity index is 1030. The van der Waals surface area contributed by atoms with E-state index in [9.17, 15) is 4.79 Å². The van der Waals surface area contributed by atoms with E-state index in [0.29, 0.717) is 5.56 Å². The van der Waals surface area contributed by atoms with Gasteiger partial charge in [-0.25, -0.2) is 5.10 Å². The summed E-state index contributed by atoms with van der Waals surface area (Å²) in [5.41, 5.74) is 7.54. The first-order valence-corrected chi connectivity index (χ1v) is 11.4. The summed E-state index contributed by atoms with van der Waals surface area (Å²) in [7, 11) is 0. The minimum atomic E-state index is -0.215. The second kappa shape index (κ2) is 15.6. The molecule has 1 N–H and O–H groups in total. The van der Waals surface area contributed by atoms with Gasteiger partial charge in [-0.15, -0.1) is 0 Å². The van der Waals surface area contributed by atoms with Gasteiger partial charge in [0.1, 0.15) is 0 Å². The van der Waals surface area contributed by atoms with Gasteiger partial charge in [-0.05, 0) is 56.0 Å². The van der Waals surface area contributed by atoms with Crippen molar-refractivity contribution in [2.45, 2.75) is 61.8 Å². The lowest BCUT2D eigenvalue weighted by atomic mass is 10.0. The van der Waals surface area contributed by atoms with Crippen LogP contribution in [0.1, 0.15) is 70.7 Å². The van der Waals surface area contributed by atoms with Crippen LogP contribution in [-0.2, 0) is 6.42 Å². The summed E-state index contributed by atoms with van der Waals surface area (Å²) in [6.45, 7) is 23.8. The van der Waals surface area contributed by atoms with Gasteiger partial charge < -0.3 is 0 Å². The summed E-state index contributed by atoms with van der Waals surface area (Å²) in [5, 5.41) is 6.59. The van der Waals surface area contributed by atoms with Crippen molar-refractivity contribution >= 4 is 11.1 Å². The van der Waals surface area contributed by atoms with E-state index < -0.39 is 0 Å². The molecular formula is C29H40N2O. The predicted octanol–water partition coefficient (Wildman–Crippen LogP) is 8.11. The smallest absolute Gasteiger partial charge is 0.267 e. The fourth-order valence-electron chi connectivity index (χ4n) is 2.64. The summed E-state index contributed by atoms with van der Waals surface area (Å²) < 4.78 is 0. The van der Waals surface area contributed by atoms with Crippen molar-refractivity contribution in [2.24, 2.45) is 0 Å². The van der Waals surface area contributed by atoms with Crippen LogP contribution in [0, 0.1) is 6.92 Å². The fourth-order valence-corrected chi connectivity index (χ4v) is 2.64. The number of H-pyrrole nitrogens is 1. The molecule has 3 rings (SSSR count). The monoisotopic (exact) mass is 432 g/mol. The molecule has 0 saturated heterocycles. The van der Waals surface area contributed by atoms with Gasteiger partial charge in [0.2, 0.25) is 0 Å². The van der Waals surface area contributed by atoms with Gasteiger partial charge in [-0.1, -0.05) is 101 Å². The van der Waals surface area contributed by atoms with Crippen molar-refractivity contribution in [2.75, 3.05) is 0 Å². The molecule has 0 fully saturated rings. The van der Waals surface area contributed by atoms with E-state index in [1.807, 2.05) is 58.9 Å².